The van der Waals surface area contributed by atoms with E-state index in [0.29, 0.717) is 17.8 Å². The Morgan fingerprint density at radius 3 is 2.61 bits per heavy atom. The van der Waals surface area contributed by atoms with Gasteiger partial charge in [-0.3, -0.25) is 10.2 Å². The molecule has 98 valence electrons. The molecule has 18 heavy (non-hydrogen) atoms. The van der Waals surface area contributed by atoms with Gasteiger partial charge in [-0.1, -0.05) is 6.42 Å². The number of hydrazine groups is 1. The monoisotopic (exact) mass is 311 g/mol. The number of nitrogens with one attached hydrogen (secondary N) is 1. The number of carbonyl (C=O) groups is 1. The summed E-state index contributed by atoms with van der Waals surface area (Å²) in [5.74, 6) is -0.136. The van der Waals surface area contributed by atoms with Crippen LogP contribution in [-0.2, 0) is 0 Å². The van der Waals surface area contributed by atoms with Gasteiger partial charge in [0.05, 0.1) is 0 Å². The fourth-order valence-corrected chi connectivity index (χ4v) is 2.56. The fraction of sp³-hybridized carbons (Fsp3) is 0.538. The third kappa shape index (κ3) is 3.09. The van der Waals surface area contributed by atoms with Gasteiger partial charge in [-0.25, -0.2) is 9.99 Å². The van der Waals surface area contributed by atoms with Crippen molar-refractivity contribution in [3.05, 3.63) is 28.5 Å². The van der Waals surface area contributed by atoms with Crippen molar-refractivity contribution in [1.82, 2.24) is 15.4 Å². The van der Waals surface area contributed by atoms with E-state index in [9.17, 15) is 4.79 Å². The average Bonchev–Trinajstić information content (AvgIpc) is 2.34. The molecular weight excluding hydrogens is 294 g/mol. The van der Waals surface area contributed by atoms with Crippen molar-refractivity contribution in [3.8, 4) is 0 Å². The Labute approximate surface area is 116 Å². The van der Waals surface area contributed by atoms with Crippen molar-refractivity contribution >= 4 is 21.8 Å². The predicted octanol–water partition coefficient (Wildman–Crippen LogP) is 2.75. The van der Waals surface area contributed by atoms with Crippen LogP contribution in [0, 0.1) is 0 Å². The Bertz CT molecular complexity index is 411. The van der Waals surface area contributed by atoms with Crippen LogP contribution in [0.4, 0.5) is 0 Å². The number of halogens is 1. The van der Waals surface area contributed by atoms with Crippen LogP contribution in [0.5, 0.6) is 0 Å². The highest BCUT2D eigenvalue weighted by molar-refractivity contribution is 9.10. The van der Waals surface area contributed by atoms with E-state index in [4.69, 9.17) is 0 Å². The van der Waals surface area contributed by atoms with E-state index in [-0.39, 0.29) is 5.91 Å². The van der Waals surface area contributed by atoms with Crippen molar-refractivity contribution in [2.24, 2.45) is 0 Å². The number of hydrogen-bond acceptors (Lipinski definition) is 3. The fourth-order valence-electron chi connectivity index (χ4n) is 2.33. The summed E-state index contributed by atoms with van der Waals surface area (Å²) >= 11 is 3.31. The molecule has 2 atom stereocenters. The van der Waals surface area contributed by atoms with Crippen LogP contribution in [0.15, 0.2) is 22.8 Å². The molecule has 0 aliphatic carbocycles. The van der Waals surface area contributed by atoms with Crippen LogP contribution >= 0.6 is 15.9 Å². The van der Waals surface area contributed by atoms with Gasteiger partial charge in [0.25, 0.3) is 5.91 Å². The molecule has 1 aliphatic rings. The molecule has 1 saturated heterocycles. The number of hydrogen-bond donors (Lipinski definition) is 1. The number of aromatic nitrogens is 1. The first-order valence-corrected chi connectivity index (χ1v) is 7.08. The second-order valence-electron chi connectivity index (χ2n) is 4.84. The predicted molar refractivity (Wildman–Crippen MR) is 74.0 cm³/mol. The first kappa shape index (κ1) is 13.5. The molecule has 1 aliphatic heterocycles. The third-order valence-electron chi connectivity index (χ3n) is 3.38. The number of nitrogens with zero attached hydrogens (tertiary/aromatic N) is 2. The largest absolute Gasteiger partial charge is 0.284 e. The molecule has 1 fully saturated rings. The van der Waals surface area contributed by atoms with Crippen molar-refractivity contribution in [2.75, 3.05) is 0 Å². The van der Waals surface area contributed by atoms with Gasteiger partial charge in [-0.2, -0.15) is 0 Å². The van der Waals surface area contributed by atoms with Crippen molar-refractivity contribution in [2.45, 2.75) is 45.2 Å². The van der Waals surface area contributed by atoms with E-state index in [1.165, 1.54) is 6.42 Å². The summed E-state index contributed by atoms with van der Waals surface area (Å²) in [6, 6.07) is 4.31. The summed E-state index contributed by atoms with van der Waals surface area (Å²) in [4.78, 5) is 16.2. The molecule has 1 N–H and O–H groups in total. The average molecular weight is 312 g/mol. The van der Waals surface area contributed by atoms with Crippen molar-refractivity contribution in [1.29, 1.82) is 0 Å². The Kier molecular flexibility index (Phi) is 4.35. The van der Waals surface area contributed by atoms with Gasteiger partial charge in [0, 0.05) is 22.8 Å². The molecule has 0 aromatic carbocycles. The maximum absolute atomic E-state index is 12.1. The van der Waals surface area contributed by atoms with Crippen LogP contribution in [0.25, 0.3) is 0 Å². The van der Waals surface area contributed by atoms with Gasteiger partial charge in [-0.05, 0) is 54.8 Å². The SMILES string of the molecule is CC1CCCC(C)N1NC(=O)c1ccc(Br)cn1. The number of rotatable bonds is 2. The maximum atomic E-state index is 12.1. The van der Waals surface area contributed by atoms with E-state index < -0.39 is 0 Å². The maximum Gasteiger partial charge on any atom is 0.284 e. The van der Waals surface area contributed by atoms with Crippen LogP contribution in [0.3, 0.4) is 0 Å². The van der Waals surface area contributed by atoms with Gasteiger partial charge in [-0.15, -0.1) is 0 Å². The summed E-state index contributed by atoms with van der Waals surface area (Å²) in [5.41, 5.74) is 3.42. The zero-order valence-electron chi connectivity index (χ0n) is 10.7. The molecule has 1 aromatic heterocycles. The number of piperidine rings is 1. The Balaban J connectivity index is 2.04. The third-order valence-corrected chi connectivity index (χ3v) is 3.85. The molecular formula is C13H18BrN3O. The summed E-state index contributed by atoms with van der Waals surface area (Å²) in [7, 11) is 0. The minimum Gasteiger partial charge on any atom is -0.283 e. The lowest BCUT2D eigenvalue weighted by molar-refractivity contribution is 0.0366. The summed E-state index contributed by atoms with van der Waals surface area (Å²) in [6.07, 6.45) is 5.11. The highest BCUT2D eigenvalue weighted by atomic mass is 79.9. The smallest absolute Gasteiger partial charge is 0.283 e. The van der Waals surface area contributed by atoms with E-state index >= 15 is 0 Å². The Morgan fingerprint density at radius 1 is 1.39 bits per heavy atom. The highest BCUT2D eigenvalue weighted by Crippen LogP contribution is 2.20. The number of carbonyl (C=O) groups excluding carboxylic acids is 1. The summed E-state index contributed by atoms with van der Waals surface area (Å²) in [6.45, 7) is 4.29. The Morgan fingerprint density at radius 2 is 2.06 bits per heavy atom. The zero-order valence-corrected chi connectivity index (χ0v) is 12.3. The van der Waals surface area contributed by atoms with Gasteiger partial charge in [0.15, 0.2) is 0 Å². The molecule has 2 rings (SSSR count). The lowest BCUT2D eigenvalue weighted by Crippen LogP contribution is -2.54. The second-order valence-corrected chi connectivity index (χ2v) is 5.75. The quantitative estimate of drug-likeness (QED) is 0.913. The van der Waals surface area contributed by atoms with E-state index in [0.717, 1.165) is 17.3 Å². The van der Waals surface area contributed by atoms with Gasteiger partial charge < -0.3 is 0 Å². The molecule has 0 radical (unpaired) electrons. The lowest BCUT2D eigenvalue weighted by atomic mass is 10.00. The second kappa shape index (κ2) is 5.80. The molecule has 0 bridgehead atoms. The lowest BCUT2D eigenvalue weighted by Gasteiger charge is -2.38. The molecule has 1 aromatic rings. The first-order valence-electron chi connectivity index (χ1n) is 6.29. The topological polar surface area (TPSA) is 45.2 Å². The van der Waals surface area contributed by atoms with Crippen molar-refractivity contribution < 1.29 is 4.79 Å². The van der Waals surface area contributed by atoms with Crippen LogP contribution in [-0.4, -0.2) is 28.0 Å². The Hall–Kier alpha value is -0.940. The summed E-state index contributed by atoms with van der Waals surface area (Å²) in [5, 5.41) is 2.05. The molecule has 2 unspecified atom stereocenters. The molecule has 2 heterocycles. The van der Waals surface area contributed by atoms with Crippen LogP contribution < -0.4 is 5.43 Å². The zero-order chi connectivity index (χ0) is 13.1. The number of amides is 1. The first-order chi connectivity index (χ1) is 8.58. The molecule has 1 amide bonds. The van der Waals surface area contributed by atoms with Crippen LogP contribution in [0.2, 0.25) is 0 Å². The van der Waals surface area contributed by atoms with Gasteiger partial charge in [0.1, 0.15) is 5.69 Å². The standard InChI is InChI=1S/C13H18BrN3O/c1-9-4-3-5-10(2)17(9)16-13(18)12-7-6-11(14)8-15-12/h6-10H,3-5H2,1-2H3,(H,16,18). The molecule has 4 nitrogen and oxygen atoms in total. The van der Waals surface area contributed by atoms with E-state index in [1.807, 2.05) is 6.07 Å². The highest BCUT2D eigenvalue weighted by Gasteiger charge is 2.26. The minimum absolute atomic E-state index is 0.136. The number of pyridine rings is 1. The van der Waals surface area contributed by atoms with E-state index in [2.05, 4.69) is 45.2 Å². The molecule has 5 heteroatoms. The van der Waals surface area contributed by atoms with Gasteiger partial charge >= 0.3 is 0 Å². The van der Waals surface area contributed by atoms with E-state index in [1.54, 1.807) is 12.3 Å². The van der Waals surface area contributed by atoms with Gasteiger partial charge in [0.2, 0.25) is 0 Å². The summed E-state index contributed by atoms with van der Waals surface area (Å²) < 4.78 is 0.874. The van der Waals surface area contributed by atoms with Crippen molar-refractivity contribution in [3.63, 3.8) is 0 Å². The minimum atomic E-state index is -0.136. The molecule has 0 saturated carbocycles. The van der Waals surface area contributed by atoms with Crippen LogP contribution in [0.1, 0.15) is 43.6 Å². The normalized spacial score (nSPS) is 24.8. The molecule has 0 spiro atoms.